The monoisotopic (exact) mass is 352 g/mol. The summed E-state index contributed by atoms with van der Waals surface area (Å²) in [6, 6.07) is 9.60. The van der Waals surface area contributed by atoms with Crippen LogP contribution in [0.25, 0.3) is 0 Å². The molecule has 0 aliphatic rings. The molecule has 0 saturated heterocycles. The Hall–Kier alpha value is -2.70. The van der Waals surface area contributed by atoms with Gasteiger partial charge in [0.15, 0.2) is 0 Å². The van der Waals surface area contributed by atoms with Gasteiger partial charge in [0.25, 0.3) is 0 Å². The van der Waals surface area contributed by atoms with E-state index in [9.17, 15) is 18.0 Å². The first-order chi connectivity index (χ1) is 11.8. The van der Waals surface area contributed by atoms with Gasteiger partial charge >= 0.3 is 12.2 Å². The van der Waals surface area contributed by atoms with Gasteiger partial charge in [-0.2, -0.15) is 13.2 Å². The third-order valence-electron chi connectivity index (χ3n) is 3.46. The van der Waals surface area contributed by atoms with Crippen LogP contribution in [0.5, 0.6) is 5.75 Å². The summed E-state index contributed by atoms with van der Waals surface area (Å²) in [5.41, 5.74) is 1.05. The second-order valence-electron chi connectivity index (χ2n) is 5.42. The zero-order valence-electron chi connectivity index (χ0n) is 13.9. The van der Waals surface area contributed by atoms with E-state index < -0.39 is 17.8 Å². The molecule has 0 saturated carbocycles. The summed E-state index contributed by atoms with van der Waals surface area (Å²) in [5, 5.41) is 5.21. The molecule has 0 bridgehead atoms. The Balaban J connectivity index is 1.95. The number of hydrogen-bond acceptors (Lipinski definition) is 2. The molecule has 0 atom stereocenters. The number of benzene rings is 2. The lowest BCUT2D eigenvalue weighted by Crippen LogP contribution is -2.28. The Kier molecular flexibility index (Phi) is 5.90. The molecule has 7 heteroatoms. The number of rotatable bonds is 5. The number of carbonyl (C=O) groups excluding carboxylic acids is 1. The van der Waals surface area contributed by atoms with Gasteiger partial charge in [0.2, 0.25) is 0 Å². The van der Waals surface area contributed by atoms with Crippen molar-refractivity contribution in [3.05, 3.63) is 59.2 Å². The first kappa shape index (κ1) is 18.6. The Morgan fingerprint density at radius 2 is 1.92 bits per heavy atom. The molecule has 0 unspecified atom stereocenters. The van der Waals surface area contributed by atoms with Crippen LogP contribution in [0, 0.1) is 6.92 Å². The molecule has 0 aliphatic heterocycles. The van der Waals surface area contributed by atoms with Gasteiger partial charge in [-0.15, -0.1) is 0 Å². The Bertz CT molecular complexity index is 745. The van der Waals surface area contributed by atoms with E-state index in [0.29, 0.717) is 23.6 Å². The van der Waals surface area contributed by atoms with Crippen LogP contribution < -0.4 is 15.4 Å². The maximum atomic E-state index is 12.7. The van der Waals surface area contributed by atoms with Crippen LogP contribution in [0.2, 0.25) is 0 Å². The van der Waals surface area contributed by atoms with Crippen molar-refractivity contribution < 1.29 is 22.7 Å². The summed E-state index contributed by atoms with van der Waals surface area (Å²) < 4.78 is 43.4. The predicted molar refractivity (Wildman–Crippen MR) is 89.7 cm³/mol. The molecule has 2 amide bonds. The third kappa shape index (κ3) is 5.41. The fraction of sp³-hybridized carbons (Fsp3) is 0.278. The molecule has 0 radical (unpaired) electrons. The minimum Gasteiger partial charge on any atom is -0.494 e. The van der Waals surface area contributed by atoms with E-state index in [1.807, 2.05) is 13.8 Å². The minimum atomic E-state index is -4.41. The van der Waals surface area contributed by atoms with Crippen molar-refractivity contribution in [3.63, 3.8) is 0 Å². The maximum absolute atomic E-state index is 12.7. The summed E-state index contributed by atoms with van der Waals surface area (Å²) in [7, 11) is 0. The first-order valence-electron chi connectivity index (χ1n) is 7.74. The van der Waals surface area contributed by atoms with Gasteiger partial charge in [-0.1, -0.05) is 12.1 Å². The maximum Gasteiger partial charge on any atom is 0.416 e. The van der Waals surface area contributed by atoms with Crippen LogP contribution in [-0.2, 0) is 12.7 Å². The van der Waals surface area contributed by atoms with Crippen molar-refractivity contribution in [2.45, 2.75) is 26.6 Å². The average Bonchev–Trinajstić information content (AvgIpc) is 2.55. The minimum absolute atomic E-state index is 0.00810. The predicted octanol–water partition coefficient (Wildman–Crippen LogP) is 4.73. The lowest BCUT2D eigenvalue weighted by atomic mass is 10.1. The number of hydrogen-bond donors (Lipinski definition) is 2. The molecule has 134 valence electrons. The van der Waals surface area contributed by atoms with Crippen LogP contribution in [-0.4, -0.2) is 12.6 Å². The molecule has 2 rings (SSSR count). The number of halogens is 3. The summed E-state index contributed by atoms with van der Waals surface area (Å²) in [6.07, 6.45) is -4.41. The SMILES string of the molecule is CCOc1ccc(NC(=O)NCc2cccc(C(F)(F)F)c2)c(C)c1. The number of anilines is 1. The molecule has 25 heavy (non-hydrogen) atoms. The second kappa shape index (κ2) is 7.92. The molecule has 2 N–H and O–H groups in total. The van der Waals surface area contributed by atoms with Gasteiger partial charge in [0, 0.05) is 12.2 Å². The topological polar surface area (TPSA) is 50.4 Å². The van der Waals surface area contributed by atoms with Crippen LogP contribution >= 0.6 is 0 Å². The molecule has 0 aliphatic carbocycles. The number of carbonyl (C=O) groups is 1. The van der Waals surface area contributed by atoms with Gasteiger partial charge in [0.1, 0.15) is 5.75 Å². The van der Waals surface area contributed by atoms with Crippen LogP contribution in [0.3, 0.4) is 0 Å². The molecular weight excluding hydrogens is 333 g/mol. The van der Waals surface area contributed by atoms with E-state index >= 15 is 0 Å². The Morgan fingerprint density at radius 3 is 2.56 bits per heavy atom. The quantitative estimate of drug-likeness (QED) is 0.817. The largest absolute Gasteiger partial charge is 0.494 e. The van der Waals surface area contributed by atoms with Crippen molar-refractivity contribution in [1.29, 1.82) is 0 Å². The molecule has 0 aromatic heterocycles. The van der Waals surface area contributed by atoms with Crippen molar-refractivity contribution >= 4 is 11.7 Å². The summed E-state index contributed by atoms with van der Waals surface area (Å²) >= 11 is 0. The molecule has 4 nitrogen and oxygen atoms in total. The van der Waals surface area contributed by atoms with Crippen molar-refractivity contribution in [2.24, 2.45) is 0 Å². The lowest BCUT2D eigenvalue weighted by Gasteiger charge is -2.12. The van der Waals surface area contributed by atoms with E-state index in [1.54, 1.807) is 18.2 Å². The number of urea groups is 1. The van der Waals surface area contributed by atoms with Crippen molar-refractivity contribution in [2.75, 3.05) is 11.9 Å². The zero-order valence-corrected chi connectivity index (χ0v) is 13.9. The highest BCUT2D eigenvalue weighted by Crippen LogP contribution is 2.29. The van der Waals surface area contributed by atoms with Crippen LogP contribution in [0.4, 0.5) is 23.7 Å². The Labute approximate surface area is 144 Å². The van der Waals surface area contributed by atoms with Gasteiger partial charge < -0.3 is 15.4 Å². The number of ether oxygens (including phenoxy) is 1. The number of amides is 2. The standard InChI is InChI=1S/C18H19F3N2O2/c1-3-25-15-7-8-16(12(2)9-15)23-17(24)22-11-13-5-4-6-14(10-13)18(19,20)21/h4-10H,3,11H2,1-2H3,(H2,22,23,24). The van der Waals surface area contributed by atoms with Crippen molar-refractivity contribution in [3.8, 4) is 5.75 Å². The average molecular weight is 352 g/mol. The van der Waals surface area contributed by atoms with E-state index in [-0.39, 0.29) is 6.54 Å². The van der Waals surface area contributed by atoms with Gasteiger partial charge in [-0.05, 0) is 55.3 Å². The Morgan fingerprint density at radius 1 is 1.16 bits per heavy atom. The normalized spacial score (nSPS) is 11.1. The summed E-state index contributed by atoms with van der Waals surface area (Å²) in [6.45, 7) is 4.24. The number of nitrogens with one attached hydrogen (secondary N) is 2. The van der Waals surface area contributed by atoms with E-state index in [2.05, 4.69) is 10.6 Å². The highest BCUT2D eigenvalue weighted by molar-refractivity contribution is 5.90. The zero-order chi connectivity index (χ0) is 18.4. The van der Waals surface area contributed by atoms with Gasteiger partial charge in [-0.3, -0.25) is 0 Å². The number of alkyl halides is 3. The molecule has 0 heterocycles. The highest BCUT2D eigenvalue weighted by Gasteiger charge is 2.30. The van der Waals surface area contributed by atoms with E-state index in [1.165, 1.54) is 12.1 Å². The van der Waals surface area contributed by atoms with Crippen LogP contribution in [0.15, 0.2) is 42.5 Å². The van der Waals surface area contributed by atoms with Crippen molar-refractivity contribution in [1.82, 2.24) is 5.32 Å². The highest BCUT2D eigenvalue weighted by atomic mass is 19.4. The fourth-order valence-electron chi connectivity index (χ4n) is 2.24. The summed E-state index contributed by atoms with van der Waals surface area (Å²) in [5.74, 6) is 0.704. The van der Waals surface area contributed by atoms with E-state index in [4.69, 9.17) is 4.74 Å². The molecule has 2 aromatic rings. The van der Waals surface area contributed by atoms with Crippen LogP contribution in [0.1, 0.15) is 23.6 Å². The van der Waals surface area contributed by atoms with Gasteiger partial charge in [0.05, 0.1) is 12.2 Å². The molecule has 0 spiro atoms. The second-order valence-corrected chi connectivity index (χ2v) is 5.42. The molecule has 2 aromatic carbocycles. The first-order valence-corrected chi connectivity index (χ1v) is 7.74. The molecular formula is C18H19F3N2O2. The number of aryl methyl sites for hydroxylation is 1. The molecule has 0 fully saturated rings. The lowest BCUT2D eigenvalue weighted by molar-refractivity contribution is -0.137. The van der Waals surface area contributed by atoms with E-state index in [0.717, 1.165) is 17.7 Å². The fourth-order valence-corrected chi connectivity index (χ4v) is 2.24. The van der Waals surface area contributed by atoms with Gasteiger partial charge in [-0.25, -0.2) is 4.79 Å². The third-order valence-corrected chi connectivity index (χ3v) is 3.46. The summed E-state index contributed by atoms with van der Waals surface area (Å²) in [4.78, 5) is 12.0. The smallest absolute Gasteiger partial charge is 0.416 e.